The first-order valence-electron chi connectivity index (χ1n) is 11.6. The predicted octanol–water partition coefficient (Wildman–Crippen LogP) is 1.96. The molecule has 0 aliphatic carbocycles. The number of hydrogen-bond donors (Lipinski definition) is 3. The maximum absolute atomic E-state index is 13.1. The summed E-state index contributed by atoms with van der Waals surface area (Å²) in [4.78, 5) is 44.5. The second-order valence-electron chi connectivity index (χ2n) is 8.78. The highest BCUT2D eigenvalue weighted by Crippen LogP contribution is 2.40. The van der Waals surface area contributed by atoms with E-state index in [2.05, 4.69) is 25.1 Å². The average Bonchev–Trinajstić information content (AvgIpc) is 3.48. The minimum absolute atomic E-state index is 0.0944. The van der Waals surface area contributed by atoms with Crippen molar-refractivity contribution in [2.24, 2.45) is 5.11 Å². The van der Waals surface area contributed by atoms with E-state index >= 15 is 0 Å². The fraction of sp³-hybridized carbons (Fsp3) is 0.409. The van der Waals surface area contributed by atoms with Gasteiger partial charge in [0, 0.05) is 46.6 Å². The lowest BCUT2D eigenvalue weighted by Gasteiger charge is -2.24. The van der Waals surface area contributed by atoms with E-state index < -0.39 is 49.0 Å². The molecule has 0 amide bonds. The number of carbonyl (C=O) groups is 1. The van der Waals surface area contributed by atoms with Gasteiger partial charge in [-0.1, -0.05) is 23.3 Å². The summed E-state index contributed by atoms with van der Waals surface area (Å²) in [5.74, 6) is -0.693. The van der Waals surface area contributed by atoms with E-state index in [0.717, 1.165) is 16.5 Å². The van der Waals surface area contributed by atoms with E-state index in [1.54, 1.807) is 6.20 Å². The van der Waals surface area contributed by atoms with E-state index in [1.165, 1.54) is 24.8 Å². The Morgan fingerprint density at radius 2 is 2.18 bits per heavy atom. The van der Waals surface area contributed by atoms with Gasteiger partial charge in [0.15, 0.2) is 0 Å². The quantitative estimate of drug-likeness (QED) is 0.0866. The summed E-state index contributed by atoms with van der Waals surface area (Å²) in [5, 5.41) is 7.13. The number of esters is 1. The standard InChI is InChI=1S/C22H25BN7O7P/c1-12-10-30(22(33)26-20(12)31)19-8-16(27-29-24)18(37-19)11-36-38(23,34)28-17(21(32)35-2)7-13-9-25-15-6-4-3-5-14(13)15/h3-6,9-10,16-19,25H,7-8,11H2,1-2H3,(H,28,34)(H,26,31,33)/t16-,17-,18+,19+,38?/m0/s1. The van der Waals surface area contributed by atoms with Gasteiger partial charge in [-0.05, 0) is 24.1 Å². The number of hydrogen-bond acceptors (Lipinski definition) is 8. The Bertz CT molecular complexity index is 1550. The molecule has 5 atom stereocenters. The van der Waals surface area contributed by atoms with Crippen LogP contribution in [-0.4, -0.2) is 60.0 Å². The molecule has 38 heavy (non-hydrogen) atoms. The number of carbonyl (C=O) groups excluding carboxylic acids is 1. The van der Waals surface area contributed by atoms with Gasteiger partial charge in [0.2, 0.25) is 15.0 Å². The van der Waals surface area contributed by atoms with Crippen molar-refractivity contribution in [3.63, 3.8) is 0 Å². The topological polar surface area (TPSA) is 193 Å². The molecule has 1 saturated heterocycles. The van der Waals surface area contributed by atoms with E-state index in [9.17, 15) is 18.9 Å². The Morgan fingerprint density at radius 3 is 2.92 bits per heavy atom. The number of para-hydroxylation sites is 1. The zero-order valence-electron chi connectivity index (χ0n) is 20.6. The van der Waals surface area contributed by atoms with Crippen LogP contribution in [0.2, 0.25) is 0 Å². The van der Waals surface area contributed by atoms with Crippen molar-refractivity contribution >= 4 is 31.8 Å². The highest BCUT2D eigenvalue weighted by atomic mass is 31.2. The molecule has 14 nitrogen and oxygen atoms in total. The van der Waals surface area contributed by atoms with E-state index in [4.69, 9.17) is 27.1 Å². The maximum Gasteiger partial charge on any atom is 0.330 e. The van der Waals surface area contributed by atoms with Gasteiger partial charge in [0.1, 0.15) is 12.3 Å². The highest BCUT2D eigenvalue weighted by Gasteiger charge is 2.38. The second kappa shape index (κ2) is 11.4. The summed E-state index contributed by atoms with van der Waals surface area (Å²) in [7, 11) is 3.01. The first-order chi connectivity index (χ1) is 18.1. The summed E-state index contributed by atoms with van der Waals surface area (Å²) >= 11 is 0. The molecule has 16 heteroatoms. The summed E-state index contributed by atoms with van der Waals surface area (Å²) in [6.45, 7) is 1.15. The van der Waals surface area contributed by atoms with Crippen molar-refractivity contribution in [2.45, 2.75) is 44.2 Å². The lowest BCUT2D eigenvalue weighted by atomic mass is 10.1. The predicted molar refractivity (Wildman–Crippen MR) is 138 cm³/mol. The van der Waals surface area contributed by atoms with Crippen LogP contribution in [0.1, 0.15) is 23.8 Å². The number of nitrogens with zero attached hydrogens (tertiary/aromatic N) is 4. The van der Waals surface area contributed by atoms with Gasteiger partial charge in [-0.3, -0.25) is 23.7 Å². The molecule has 0 bridgehead atoms. The molecular weight excluding hydrogens is 516 g/mol. The molecule has 1 aromatic carbocycles. The summed E-state index contributed by atoms with van der Waals surface area (Å²) < 4.78 is 30.4. The maximum atomic E-state index is 13.1. The van der Waals surface area contributed by atoms with Crippen molar-refractivity contribution in [3.05, 3.63) is 79.1 Å². The monoisotopic (exact) mass is 541 g/mol. The second-order valence-corrected chi connectivity index (χ2v) is 10.5. The Kier molecular flexibility index (Phi) is 8.24. The molecule has 0 spiro atoms. The van der Waals surface area contributed by atoms with Crippen LogP contribution < -0.4 is 16.3 Å². The molecule has 3 N–H and O–H groups in total. The third-order valence-electron chi connectivity index (χ3n) is 6.21. The number of azide groups is 1. The molecule has 1 aliphatic heterocycles. The zero-order chi connectivity index (χ0) is 27.4. The zero-order valence-corrected chi connectivity index (χ0v) is 21.5. The Labute approximate surface area is 217 Å². The molecule has 4 rings (SSSR count). The molecule has 1 aliphatic rings. The molecule has 3 heterocycles. The van der Waals surface area contributed by atoms with Crippen molar-refractivity contribution in [3.8, 4) is 0 Å². The molecule has 1 unspecified atom stereocenters. The van der Waals surface area contributed by atoms with Gasteiger partial charge in [0.25, 0.3) is 5.56 Å². The molecule has 2 radical (unpaired) electrons. The molecule has 2 aromatic heterocycles. The lowest BCUT2D eigenvalue weighted by molar-refractivity contribution is -0.142. The number of aromatic nitrogens is 3. The summed E-state index contributed by atoms with van der Waals surface area (Å²) in [6.07, 6.45) is 1.48. The number of H-pyrrole nitrogens is 2. The third kappa shape index (κ3) is 6.09. The fourth-order valence-electron chi connectivity index (χ4n) is 4.31. The minimum Gasteiger partial charge on any atom is -0.468 e. The number of benzene rings is 1. The van der Waals surface area contributed by atoms with Crippen LogP contribution in [-0.2, 0) is 29.8 Å². The van der Waals surface area contributed by atoms with Crippen LogP contribution in [0.5, 0.6) is 0 Å². The molecule has 0 saturated carbocycles. The Morgan fingerprint density at radius 1 is 1.42 bits per heavy atom. The molecule has 3 aromatic rings. The van der Waals surface area contributed by atoms with Gasteiger partial charge in [-0.2, -0.15) is 0 Å². The van der Waals surface area contributed by atoms with Crippen LogP contribution in [0, 0.1) is 6.92 Å². The Hall–Kier alpha value is -3.61. The van der Waals surface area contributed by atoms with Crippen molar-refractivity contribution in [1.29, 1.82) is 0 Å². The average molecular weight is 541 g/mol. The number of aryl methyl sites for hydroxylation is 1. The molecular formula is C22H25BN7O7P. The SMILES string of the molecule is [B]P(=O)(N[C@@H](Cc1c[nH]c2ccccc12)C(=O)OC)OC[C@H]1O[C@@H](n2cc(C)c(=O)[nH]c2=O)C[C@@H]1N=[N+]=[N-]. The largest absolute Gasteiger partial charge is 0.468 e. The number of fused-ring (bicyclic) bond motifs is 1. The van der Waals surface area contributed by atoms with Crippen molar-refractivity contribution in [1.82, 2.24) is 19.6 Å². The third-order valence-corrected chi connectivity index (χ3v) is 7.42. The summed E-state index contributed by atoms with van der Waals surface area (Å²) in [5.41, 5.74) is 9.67. The van der Waals surface area contributed by atoms with Crippen LogP contribution in [0.3, 0.4) is 0 Å². The van der Waals surface area contributed by atoms with E-state index in [-0.39, 0.29) is 25.0 Å². The first kappa shape index (κ1) is 27.4. The van der Waals surface area contributed by atoms with Crippen molar-refractivity contribution < 1.29 is 23.4 Å². The molecule has 1 fully saturated rings. The van der Waals surface area contributed by atoms with Gasteiger partial charge < -0.3 is 19.0 Å². The number of rotatable bonds is 10. The summed E-state index contributed by atoms with van der Waals surface area (Å²) in [6, 6.07) is 5.61. The van der Waals surface area contributed by atoms with Crippen LogP contribution in [0.15, 0.2) is 51.4 Å². The normalized spacial score (nSPS) is 21.5. The van der Waals surface area contributed by atoms with Crippen LogP contribution in [0.25, 0.3) is 21.3 Å². The fourth-order valence-corrected chi connectivity index (χ4v) is 5.38. The first-order valence-corrected chi connectivity index (χ1v) is 13.3. The van der Waals surface area contributed by atoms with Gasteiger partial charge in [0.05, 0.1) is 25.9 Å². The number of ether oxygens (including phenoxy) is 2. The number of aromatic amines is 2. The highest BCUT2D eigenvalue weighted by molar-refractivity contribution is 7.81. The smallest absolute Gasteiger partial charge is 0.330 e. The van der Waals surface area contributed by atoms with Crippen LogP contribution in [0.4, 0.5) is 0 Å². The van der Waals surface area contributed by atoms with E-state index in [0.29, 0.717) is 0 Å². The lowest BCUT2D eigenvalue weighted by Crippen LogP contribution is -2.38. The Balaban J connectivity index is 1.46. The number of nitrogens with one attached hydrogen (secondary N) is 3. The molecule has 198 valence electrons. The minimum atomic E-state index is -4.10. The van der Waals surface area contributed by atoms with Crippen LogP contribution >= 0.6 is 7.40 Å². The number of methoxy groups -OCH3 is 1. The van der Waals surface area contributed by atoms with Gasteiger partial charge in [-0.25, -0.2) is 9.88 Å². The van der Waals surface area contributed by atoms with E-state index in [1.807, 2.05) is 24.3 Å². The van der Waals surface area contributed by atoms with Gasteiger partial charge >= 0.3 is 11.7 Å². The van der Waals surface area contributed by atoms with Crippen molar-refractivity contribution in [2.75, 3.05) is 13.7 Å². The van der Waals surface area contributed by atoms with Gasteiger partial charge in [-0.15, -0.1) is 0 Å².